The highest BCUT2D eigenvalue weighted by molar-refractivity contribution is 6.25. The smallest absolute Gasteiger partial charge is 0.156 e. The lowest BCUT2D eigenvalue weighted by Crippen LogP contribution is -1.86. The third kappa shape index (κ3) is 34.2. The number of hydrogen-bond acceptors (Lipinski definition) is 1. The number of rotatable bonds is 32. The van der Waals surface area contributed by atoms with Crippen molar-refractivity contribution < 1.29 is 4.80 Å². The molecule has 0 radical (unpaired) electrons. The average molecular weight is 511 g/mol. The zero-order valence-electron chi connectivity index (χ0n) is 24.8. The second kappa shape index (κ2) is 34.2. The Morgan fingerprint density at radius 3 is 0.629 bits per heavy atom. The van der Waals surface area contributed by atoms with Crippen LogP contribution in [0.1, 0.15) is 206 Å². The Labute approximate surface area is 226 Å². The summed E-state index contributed by atoms with van der Waals surface area (Å²) in [6, 6.07) is 1.14. The fourth-order valence-corrected chi connectivity index (χ4v) is 6.07. The van der Waals surface area contributed by atoms with Crippen molar-refractivity contribution in [3.05, 3.63) is 0 Å². The van der Waals surface area contributed by atoms with E-state index in [1.165, 1.54) is 199 Å². The first-order valence-corrected chi connectivity index (χ1v) is 18.7. The van der Waals surface area contributed by atoms with Gasteiger partial charge in [0.1, 0.15) is 0 Å². The molecule has 0 aliphatic rings. The van der Waals surface area contributed by atoms with Gasteiger partial charge in [-0.25, -0.2) is 0 Å². The molecule has 0 amide bonds. The van der Waals surface area contributed by atoms with Crippen LogP contribution in [-0.4, -0.2) is 14.6 Å². The first-order valence-electron chi connectivity index (χ1n) is 17.0. The average Bonchev–Trinajstić information content (AvgIpc) is 2.87. The summed E-state index contributed by atoms with van der Waals surface area (Å²) in [7, 11) is -0.662. The molecule has 212 valence electrons. The Hall–Kier alpha value is 0.177. The lowest BCUT2D eigenvalue weighted by molar-refractivity contribution is 0.512. The highest BCUT2D eigenvalue weighted by atomic mass is 28.2. The lowest BCUT2D eigenvalue weighted by Gasteiger charge is -2.04. The molecule has 35 heavy (non-hydrogen) atoms. The molecule has 0 aromatic heterocycles. The van der Waals surface area contributed by atoms with Crippen LogP contribution >= 0.6 is 0 Å². The fourth-order valence-electron chi connectivity index (χ4n) is 5.49. The topological polar surface area (TPSA) is 20.2 Å². The van der Waals surface area contributed by atoms with Crippen LogP contribution in [0.5, 0.6) is 0 Å². The van der Waals surface area contributed by atoms with Crippen molar-refractivity contribution >= 4 is 9.76 Å². The van der Waals surface area contributed by atoms with Crippen molar-refractivity contribution in [2.24, 2.45) is 0 Å². The molecule has 0 spiro atoms. The van der Waals surface area contributed by atoms with Gasteiger partial charge in [0, 0.05) is 0 Å². The molecule has 0 aromatic carbocycles. The molecule has 0 fully saturated rings. The quantitative estimate of drug-likeness (QED) is 0.0704. The van der Waals surface area contributed by atoms with Crippen molar-refractivity contribution in [1.29, 1.82) is 0 Å². The van der Waals surface area contributed by atoms with E-state index in [1.54, 1.807) is 0 Å². The third-order valence-electron chi connectivity index (χ3n) is 8.01. The van der Waals surface area contributed by atoms with Crippen LogP contribution in [0.4, 0.5) is 0 Å². The van der Waals surface area contributed by atoms with Gasteiger partial charge >= 0.3 is 0 Å². The lowest BCUT2D eigenvalue weighted by atomic mass is 10.0. The molecule has 0 bridgehead atoms. The van der Waals surface area contributed by atoms with Crippen LogP contribution in [0.2, 0.25) is 6.04 Å². The Kier molecular flexibility index (Phi) is 34.3. The van der Waals surface area contributed by atoms with E-state index < -0.39 is 9.76 Å². The van der Waals surface area contributed by atoms with E-state index in [2.05, 4.69) is 6.92 Å². The van der Waals surface area contributed by atoms with E-state index >= 15 is 0 Å². The molecule has 0 saturated carbocycles. The molecule has 0 rings (SSSR count). The van der Waals surface area contributed by atoms with Crippen LogP contribution in [-0.2, 0) is 0 Å². The predicted molar refractivity (Wildman–Crippen MR) is 164 cm³/mol. The van der Waals surface area contributed by atoms with Gasteiger partial charge in [0.15, 0.2) is 9.76 Å². The van der Waals surface area contributed by atoms with Gasteiger partial charge in [-0.3, -0.25) is 0 Å². The number of unbranched alkanes of at least 4 members (excludes halogenated alkanes) is 30. The number of hydrogen-bond donors (Lipinski definition) is 1. The van der Waals surface area contributed by atoms with Crippen LogP contribution in [0.25, 0.3) is 0 Å². The molecule has 0 heterocycles. The summed E-state index contributed by atoms with van der Waals surface area (Å²) < 4.78 is 0. The third-order valence-corrected chi connectivity index (χ3v) is 8.83. The van der Waals surface area contributed by atoms with Gasteiger partial charge in [-0.15, -0.1) is 0 Å². The summed E-state index contributed by atoms with van der Waals surface area (Å²) in [6.07, 6.45) is 45.2. The fraction of sp³-hybridized carbons (Fsp3) is 1.00. The van der Waals surface area contributed by atoms with Crippen LogP contribution in [0.15, 0.2) is 0 Å². The molecule has 0 aliphatic heterocycles. The molecule has 0 aromatic rings. The minimum atomic E-state index is -0.662. The highest BCUT2D eigenvalue weighted by Gasteiger charge is 1.97. The summed E-state index contributed by atoms with van der Waals surface area (Å²) in [5.74, 6) is 0. The molecule has 0 aliphatic carbocycles. The van der Waals surface area contributed by atoms with E-state index in [9.17, 15) is 0 Å². The standard InChI is InChI=1S/C33H70OSi/c1-2-3-4-5-6-7-8-9-10-11-12-13-14-15-16-17-18-19-20-21-22-23-24-25-26-27-28-29-30-31-32-33-35-34/h34H,2-33,35H2,1H3. The molecule has 1 N–H and O–H groups in total. The SMILES string of the molecule is CCCCCCCCCCCCCCCCCCCCCCCCCCCCCCCCC[SiH2]O. The largest absolute Gasteiger partial charge is 0.438 e. The van der Waals surface area contributed by atoms with Crippen molar-refractivity contribution in [2.75, 3.05) is 0 Å². The van der Waals surface area contributed by atoms with Gasteiger partial charge in [0.05, 0.1) is 0 Å². The van der Waals surface area contributed by atoms with Gasteiger partial charge in [0.25, 0.3) is 0 Å². The van der Waals surface area contributed by atoms with Crippen molar-refractivity contribution in [1.82, 2.24) is 0 Å². The summed E-state index contributed by atoms with van der Waals surface area (Å²) in [6.45, 7) is 2.31. The molecule has 1 nitrogen and oxygen atoms in total. The normalized spacial score (nSPS) is 11.8. The molecule has 0 atom stereocenters. The van der Waals surface area contributed by atoms with E-state index in [4.69, 9.17) is 4.80 Å². The minimum absolute atomic E-state index is 0.662. The zero-order chi connectivity index (χ0) is 25.3. The highest BCUT2D eigenvalue weighted by Crippen LogP contribution is 2.16. The molecule has 0 unspecified atom stereocenters. The van der Waals surface area contributed by atoms with Gasteiger partial charge in [0.2, 0.25) is 0 Å². The van der Waals surface area contributed by atoms with Crippen LogP contribution in [0.3, 0.4) is 0 Å². The van der Waals surface area contributed by atoms with Crippen molar-refractivity contribution in [3.8, 4) is 0 Å². The molecular formula is C33H70OSi. The van der Waals surface area contributed by atoms with Gasteiger partial charge in [-0.1, -0.05) is 206 Å². The Morgan fingerprint density at radius 2 is 0.457 bits per heavy atom. The maximum absolute atomic E-state index is 8.91. The summed E-state index contributed by atoms with van der Waals surface area (Å²) >= 11 is 0. The monoisotopic (exact) mass is 511 g/mol. The van der Waals surface area contributed by atoms with E-state index in [0.29, 0.717) is 0 Å². The molecular weight excluding hydrogens is 440 g/mol. The first kappa shape index (κ1) is 35.2. The summed E-state index contributed by atoms with van der Waals surface area (Å²) in [5.41, 5.74) is 0. The second-order valence-corrected chi connectivity index (χ2v) is 12.8. The summed E-state index contributed by atoms with van der Waals surface area (Å²) in [4.78, 5) is 8.91. The van der Waals surface area contributed by atoms with Crippen LogP contribution < -0.4 is 0 Å². The minimum Gasteiger partial charge on any atom is -0.438 e. The van der Waals surface area contributed by atoms with E-state index in [0.717, 1.165) is 6.04 Å². The summed E-state index contributed by atoms with van der Waals surface area (Å²) in [5, 5.41) is 0. The Morgan fingerprint density at radius 1 is 0.286 bits per heavy atom. The Balaban J connectivity index is 3.00. The zero-order valence-corrected chi connectivity index (χ0v) is 26.2. The molecule has 2 heteroatoms. The van der Waals surface area contributed by atoms with Gasteiger partial charge in [-0.05, 0) is 6.04 Å². The van der Waals surface area contributed by atoms with E-state index in [-0.39, 0.29) is 0 Å². The van der Waals surface area contributed by atoms with E-state index in [1.807, 2.05) is 0 Å². The maximum Gasteiger partial charge on any atom is 0.156 e. The van der Waals surface area contributed by atoms with Crippen LogP contribution in [0, 0.1) is 0 Å². The second-order valence-electron chi connectivity index (χ2n) is 11.7. The Bertz CT molecular complexity index is 314. The molecule has 0 saturated heterocycles. The maximum atomic E-state index is 8.91. The predicted octanol–water partition coefficient (Wildman–Crippen LogP) is 11.6. The van der Waals surface area contributed by atoms with Crippen molar-refractivity contribution in [2.45, 2.75) is 212 Å². The first-order chi connectivity index (χ1) is 17.4. The van der Waals surface area contributed by atoms with Gasteiger partial charge < -0.3 is 4.80 Å². The van der Waals surface area contributed by atoms with Gasteiger partial charge in [-0.2, -0.15) is 0 Å². The van der Waals surface area contributed by atoms with Crippen molar-refractivity contribution in [3.63, 3.8) is 0 Å².